The number of piperidine rings is 1. The quantitative estimate of drug-likeness (QED) is 0.362. The molecular formula is C30H44N8O3S. The normalized spacial score (nSPS) is 17.9. The number of carbonyl (C=O) groups excluding carboxylic acids is 1. The standard InChI is InChI=1S/C30H44N8O3S/c1-6-38(28-27(8-7-13-31-28)33-30(2,3)4)23-11-14-36(15-12-23)29(39)25-21-32-26-10-9-22(20-24(25)26)34-42(40,41)37-18-16-35(5)17-19-37/h7-10,13,20-21,23,32-34H,6,11-12,14-19H2,1-5H3. The number of fused-ring (bicyclic) bond motifs is 1. The molecule has 2 saturated heterocycles. The molecule has 0 bridgehead atoms. The molecule has 3 aromatic rings. The number of hydrogen-bond donors (Lipinski definition) is 3. The van der Waals surface area contributed by atoms with E-state index in [-0.39, 0.29) is 17.5 Å². The summed E-state index contributed by atoms with van der Waals surface area (Å²) >= 11 is 0. The third-order valence-corrected chi connectivity index (χ3v) is 9.60. The Kier molecular flexibility index (Phi) is 8.68. The maximum absolute atomic E-state index is 13.7. The Bertz CT molecular complexity index is 1500. The van der Waals surface area contributed by atoms with Crippen molar-refractivity contribution in [1.82, 2.24) is 24.1 Å². The van der Waals surface area contributed by atoms with Gasteiger partial charge in [-0.3, -0.25) is 9.52 Å². The average molecular weight is 597 g/mol. The van der Waals surface area contributed by atoms with Crippen LogP contribution in [0.25, 0.3) is 10.9 Å². The molecule has 2 fully saturated rings. The summed E-state index contributed by atoms with van der Waals surface area (Å²) in [5.41, 5.74) is 2.72. The van der Waals surface area contributed by atoms with Crippen LogP contribution < -0.4 is 14.9 Å². The molecule has 4 heterocycles. The third-order valence-electron chi connectivity index (χ3n) is 8.06. The van der Waals surface area contributed by atoms with Crippen molar-refractivity contribution in [3.8, 4) is 0 Å². The Labute approximate surface area is 249 Å². The predicted octanol–water partition coefficient (Wildman–Crippen LogP) is 3.81. The van der Waals surface area contributed by atoms with Gasteiger partial charge in [-0.05, 0) is 77.9 Å². The van der Waals surface area contributed by atoms with E-state index in [2.05, 4.69) is 58.6 Å². The number of nitrogens with one attached hydrogen (secondary N) is 3. The zero-order valence-corrected chi connectivity index (χ0v) is 26.2. The first-order valence-corrected chi connectivity index (χ1v) is 16.3. The fourth-order valence-electron chi connectivity index (χ4n) is 5.86. The molecule has 0 saturated carbocycles. The minimum absolute atomic E-state index is 0.0465. The Morgan fingerprint density at radius 2 is 1.81 bits per heavy atom. The lowest BCUT2D eigenvalue weighted by Gasteiger charge is -2.39. The van der Waals surface area contributed by atoms with Gasteiger partial charge in [0.15, 0.2) is 5.82 Å². The van der Waals surface area contributed by atoms with Crippen molar-refractivity contribution in [1.29, 1.82) is 0 Å². The first-order valence-electron chi connectivity index (χ1n) is 14.8. The summed E-state index contributed by atoms with van der Waals surface area (Å²) in [6.45, 7) is 12.9. The van der Waals surface area contributed by atoms with E-state index in [4.69, 9.17) is 4.98 Å². The van der Waals surface area contributed by atoms with E-state index in [0.717, 1.165) is 36.4 Å². The summed E-state index contributed by atoms with van der Waals surface area (Å²) in [6.07, 6.45) is 5.24. The van der Waals surface area contributed by atoms with Gasteiger partial charge in [-0.15, -0.1) is 0 Å². The molecule has 11 nitrogen and oxygen atoms in total. The van der Waals surface area contributed by atoms with E-state index in [1.165, 1.54) is 4.31 Å². The van der Waals surface area contributed by atoms with Crippen molar-refractivity contribution >= 4 is 44.2 Å². The number of H-pyrrole nitrogens is 1. The number of amides is 1. The summed E-state index contributed by atoms with van der Waals surface area (Å²) < 4.78 is 30.2. The summed E-state index contributed by atoms with van der Waals surface area (Å²) in [7, 11) is -1.70. The highest BCUT2D eigenvalue weighted by molar-refractivity contribution is 7.90. The van der Waals surface area contributed by atoms with Crippen LogP contribution in [0.3, 0.4) is 0 Å². The van der Waals surface area contributed by atoms with Gasteiger partial charge in [0.1, 0.15) is 0 Å². The van der Waals surface area contributed by atoms with Crippen LogP contribution in [0.5, 0.6) is 0 Å². The fourth-order valence-corrected chi connectivity index (χ4v) is 7.06. The lowest BCUT2D eigenvalue weighted by atomic mass is 10.0. The van der Waals surface area contributed by atoms with E-state index >= 15 is 0 Å². The Hall–Kier alpha value is -3.35. The number of aromatic nitrogens is 2. The van der Waals surface area contributed by atoms with Crippen LogP contribution in [0.4, 0.5) is 17.2 Å². The number of anilines is 3. The molecule has 1 amide bonds. The van der Waals surface area contributed by atoms with Crippen LogP contribution in [-0.2, 0) is 10.2 Å². The fraction of sp³-hybridized carbons (Fsp3) is 0.533. The first kappa shape index (κ1) is 30.1. The van der Waals surface area contributed by atoms with Crippen LogP contribution >= 0.6 is 0 Å². The topological polar surface area (TPSA) is 117 Å². The van der Waals surface area contributed by atoms with Gasteiger partial charge in [0.2, 0.25) is 0 Å². The number of likely N-dealkylation sites (N-methyl/N-ethyl adjacent to an activating group) is 1. The van der Waals surface area contributed by atoms with Crippen LogP contribution in [-0.4, -0.2) is 103 Å². The minimum Gasteiger partial charge on any atom is -0.377 e. The maximum Gasteiger partial charge on any atom is 0.301 e. The van der Waals surface area contributed by atoms with Crippen LogP contribution in [0.15, 0.2) is 42.7 Å². The number of hydrogen-bond acceptors (Lipinski definition) is 7. The third kappa shape index (κ3) is 6.66. The highest BCUT2D eigenvalue weighted by Crippen LogP contribution is 2.31. The molecule has 0 unspecified atom stereocenters. The summed E-state index contributed by atoms with van der Waals surface area (Å²) in [5, 5.41) is 4.30. The van der Waals surface area contributed by atoms with Crippen molar-refractivity contribution in [2.75, 3.05) is 67.8 Å². The minimum atomic E-state index is -3.68. The average Bonchev–Trinajstić information content (AvgIpc) is 3.37. The molecule has 2 aliphatic rings. The van der Waals surface area contributed by atoms with Crippen molar-refractivity contribution in [3.05, 3.63) is 48.3 Å². The molecule has 1 aromatic carbocycles. The number of likely N-dealkylation sites (tertiary alicyclic amines) is 1. The van der Waals surface area contributed by atoms with Crippen molar-refractivity contribution < 1.29 is 13.2 Å². The van der Waals surface area contributed by atoms with E-state index in [0.29, 0.717) is 55.9 Å². The molecular weight excluding hydrogens is 552 g/mol. The number of aromatic amines is 1. The smallest absolute Gasteiger partial charge is 0.301 e. The Morgan fingerprint density at radius 1 is 1.10 bits per heavy atom. The van der Waals surface area contributed by atoms with Gasteiger partial charge in [-0.2, -0.15) is 12.7 Å². The highest BCUT2D eigenvalue weighted by atomic mass is 32.2. The van der Waals surface area contributed by atoms with E-state index in [9.17, 15) is 13.2 Å². The van der Waals surface area contributed by atoms with E-state index in [1.807, 2.05) is 30.3 Å². The molecule has 5 rings (SSSR count). The van der Waals surface area contributed by atoms with Gasteiger partial charge in [-0.1, -0.05) is 0 Å². The lowest BCUT2D eigenvalue weighted by molar-refractivity contribution is 0.0714. The second-order valence-corrected chi connectivity index (χ2v) is 14.0. The summed E-state index contributed by atoms with van der Waals surface area (Å²) in [5.74, 6) is 0.901. The second kappa shape index (κ2) is 12.1. The molecule has 42 heavy (non-hydrogen) atoms. The Morgan fingerprint density at radius 3 is 2.48 bits per heavy atom. The lowest BCUT2D eigenvalue weighted by Crippen LogP contribution is -2.48. The molecule has 2 aliphatic heterocycles. The molecule has 0 aliphatic carbocycles. The number of nitrogens with zero attached hydrogens (tertiary/aromatic N) is 5. The van der Waals surface area contributed by atoms with Crippen LogP contribution in [0.2, 0.25) is 0 Å². The van der Waals surface area contributed by atoms with E-state index in [1.54, 1.807) is 18.3 Å². The first-order chi connectivity index (χ1) is 19.9. The second-order valence-electron chi connectivity index (χ2n) is 12.3. The van der Waals surface area contributed by atoms with Crippen molar-refractivity contribution in [3.63, 3.8) is 0 Å². The monoisotopic (exact) mass is 596 g/mol. The van der Waals surface area contributed by atoms with Crippen LogP contribution in [0.1, 0.15) is 50.9 Å². The molecule has 228 valence electrons. The predicted molar refractivity (Wildman–Crippen MR) is 169 cm³/mol. The number of rotatable bonds is 8. The van der Waals surface area contributed by atoms with Crippen LogP contribution in [0, 0.1) is 0 Å². The molecule has 3 N–H and O–H groups in total. The Balaban J connectivity index is 1.27. The molecule has 0 atom stereocenters. The van der Waals surface area contributed by atoms with Crippen molar-refractivity contribution in [2.24, 2.45) is 0 Å². The zero-order valence-electron chi connectivity index (χ0n) is 25.4. The molecule has 12 heteroatoms. The molecule has 0 spiro atoms. The SMILES string of the molecule is CCN(c1ncccc1NC(C)(C)C)C1CCN(C(=O)c2c[nH]c3ccc(NS(=O)(=O)N4CCN(C)CC4)cc23)CC1. The largest absolute Gasteiger partial charge is 0.377 e. The summed E-state index contributed by atoms with van der Waals surface area (Å²) in [4.78, 5) is 28.0. The zero-order chi connectivity index (χ0) is 30.1. The summed E-state index contributed by atoms with van der Waals surface area (Å²) in [6, 6.07) is 9.60. The van der Waals surface area contributed by atoms with Gasteiger partial charge in [0.05, 0.1) is 16.9 Å². The number of benzene rings is 1. The van der Waals surface area contributed by atoms with Gasteiger partial charge in [0, 0.05) is 80.7 Å². The van der Waals surface area contributed by atoms with Gasteiger partial charge >= 0.3 is 10.2 Å². The maximum atomic E-state index is 13.7. The number of piperazine rings is 1. The highest BCUT2D eigenvalue weighted by Gasteiger charge is 2.30. The molecule has 2 aromatic heterocycles. The molecule has 0 radical (unpaired) electrons. The van der Waals surface area contributed by atoms with Gasteiger partial charge < -0.3 is 25.0 Å². The van der Waals surface area contributed by atoms with E-state index < -0.39 is 10.2 Å². The number of pyridine rings is 1. The van der Waals surface area contributed by atoms with Gasteiger partial charge in [-0.25, -0.2) is 4.98 Å². The number of carbonyl (C=O) groups is 1. The van der Waals surface area contributed by atoms with Crippen molar-refractivity contribution in [2.45, 2.75) is 52.1 Å². The van der Waals surface area contributed by atoms with Gasteiger partial charge in [0.25, 0.3) is 5.91 Å².